The molecule has 21 heavy (non-hydrogen) atoms. The number of ether oxygens (including phenoxy) is 1. The summed E-state index contributed by atoms with van der Waals surface area (Å²) in [6.45, 7) is 10.9. The molecule has 1 aliphatic carbocycles. The Hall–Kier alpha value is -1.10. The molecule has 0 aromatic heterocycles. The van der Waals surface area contributed by atoms with E-state index in [1.807, 2.05) is 34.6 Å². The third-order valence-electron chi connectivity index (χ3n) is 4.10. The van der Waals surface area contributed by atoms with Crippen LogP contribution in [0, 0.1) is 11.3 Å². The number of rotatable bonds is 5. The Bertz CT molecular complexity index is 410. The molecule has 2 atom stereocenters. The lowest BCUT2D eigenvalue weighted by Gasteiger charge is -2.44. The Kier molecular flexibility index (Phi) is 4.61. The molecule has 1 heterocycles. The van der Waals surface area contributed by atoms with Crippen molar-refractivity contribution in [1.82, 2.24) is 10.2 Å². The molecule has 5 heteroatoms. The van der Waals surface area contributed by atoms with Gasteiger partial charge in [0.15, 0.2) is 0 Å². The molecule has 1 saturated heterocycles. The Morgan fingerprint density at radius 3 is 2.38 bits per heavy atom. The molecule has 0 spiro atoms. The van der Waals surface area contributed by atoms with Gasteiger partial charge in [0.2, 0.25) is 11.8 Å². The highest BCUT2D eigenvalue weighted by Crippen LogP contribution is 2.37. The number of hydrogen-bond acceptors (Lipinski definition) is 3. The molecule has 2 fully saturated rings. The second kappa shape index (κ2) is 5.95. The number of amides is 2. The van der Waals surface area contributed by atoms with Crippen LogP contribution in [0.1, 0.15) is 47.5 Å². The Morgan fingerprint density at radius 1 is 1.29 bits per heavy atom. The molecule has 0 bridgehead atoms. The van der Waals surface area contributed by atoms with Crippen molar-refractivity contribution in [3.63, 3.8) is 0 Å². The van der Waals surface area contributed by atoms with Crippen molar-refractivity contribution < 1.29 is 14.3 Å². The third-order valence-corrected chi connectivity index (χ3v) is 4.10. The van der Waals surface area contributed by atoms with Gasteiger partial charge in [0.1, 0.15) is 12.1 Å². The van der Waals surface area contributed by atoms with Crippen LogP contribution in [-0.4, -0.2) is 48.1 Å². The van der Waals surface area contributed by atoms with Gasteiger partial charge in [-0.25, -0.2) is 0 Å². The largest absolute Gasteiger partial charge is 0.377 e. The summed E-state index contributed by atoms with van der Waals surface area (Å²) >= 11 is 0. The molecule has 0 aromatic rings. The zero-order chi connectivity index (χ0) is 15.8. The van der Waals surface area contributed by atoms with E-state index in [0.29, 0.717) is 19.1 Å². The van der Waals surface area contributed by atoms with Crippen molar-refractivity contribution >= 4 is 11.8 Å². The van der Waals surface area contributed by atoms with Crippen molar-refractivity contribution in [2.75, 3.05) is 13.2 Å². The van der Waals surface area contributed by atoms with Crippen LogP contribution >= 0.6 is 0 Å². The molecule has 1 saturated carbocycles. The van der Waals surface area contributed by atoms with Crippen LogP contribution in [0.5, 0.6) is 0 Å². The first-order valence-corrected chi connectivity index (χ1v) is 7.94. The molecule has 0 aromatic carbocycles. The summed E-state index contributed by atoms with van der Waals surface area (Å²) in [5.74, 6) is 0.365. The average Bonchev–Trinajstić information content (AvgIpc) is 3.14. The van der Waals surface area contributed by atoms with Gasteiger partial charge in [-0.3, -0.25) is 9.59 Å². The minimum atomic E-state index is -0.421. The maximum Gasteiger partial charge on any atom is 0.246 e. The van der Waals surface area contributed by atoms with Gasteiger partial charge < -0.3 is 15.0 Å². The van der Waals surface area contributed by atoms with Crippen LogP contribution in [0.15, 0.2) is 0 Å². The second-order valence-corrected chi connectivity index (χ2v) is 7.54. The Labute approximate surface area is 127 Å². The van der Waals surface area contributed by atoms with Crippen molar-refractivity contribution in [2.45, 2.75) is 65.6 Å². The van der Waals surface area contributed by atoms with Crippen LogP contribution in [0.2, 0.25) is 0 Å². The molecule has 5 nitrogen and oxygen atoms in total. The smallest absolute Gasteiger partial charge is 0.246 e. The van der Waals surface area contributed by atoms with Crippen LogP contribution in [0.3, 0.4) is 0 Å². The maximum atomic E-state index is 12.7. The van der Waals surface area contributed by atoms with E-state index in [2.05, 4.69) is 5.32 Å². The van der Waals surface area contributed by atoms with E-state index >= 15 is 0 Å². The molecular formula is C16H28N2O3. The molecular weight excluding hydrogens is 268 g/mol. The summed E-state index contributed by atoms with van der Waals surface area (Å²) in [7, 11) is 0. The van der Waals surface area contributed by atoms with Crippen LogP contribution in [0.4, 0.5) is 0 Å². The predicted octanol–water partition coefficient (Wildman–Crippen LogP) is 1.56. The predicted molar refractivity (Wildman–Crippen MR) is 80.7 cm³/mol. The maximum absolute atomic E-state index is 12.7. The van der Waals surface area contributed by atoms with Crippen LogP contribution in [-0.2, 0) is 14.3 Å². The molecule has 120 valence electrons. The fourth-order valence-electron chi connectivity index (χ4n) is 2.98. The summed E-state index contributed by atoms with van der Waals surface area (Å²) in [5, 5.41) is 2.94. The summed E-state index contributed by atoms with van der Waals surface area (Å²) in [4.78, 5) is 27.0. The number of carbonyl (C=O) groups excluding carboxylic acids is 2. The minimum Gasteiger partial charge on any atom is -0.377 e. The summed E-state index contributed by atoms with van der Waals surface area (Å²) in [6.07, 6.45) is 2.20. The molecule has 2 unspecified atom stereocenters. The van der Waals surface area contributed by atoms with E-state index < -0.39 is 6.04 Å². The minimum absolute atomic E-state index is 0.0245. The third kappa shape index (κ3) is 3.76. The Balaban J connectivity index is 2.13. The van der Waals surface area contributed by atoms with Gasteiger partial charge in [0.25, 0.3) is 0 Å². The normalized spacial score (nSPS) is 27.2. The van der Waals surface area contributed by atoms with Gasteiger partial charge in [-0.2, -0.15) is 0 Å². The van der Waals surface area contributed by atoms with Gasteiger partial charge in [0.05, 0.1) is 12.7 Å². The fraction of sp³-hybridized carbons (Fsp3) is 0.875. The van der Waals surface area contributed by atoms with Gasteiger partial charge in [-0.1, -0.05) is 20.8 Å². The number of hydrogen-bond donors (Lipinski definition) is 1. The van der Waals surface area contributed by atoms with E-state index in [0.717, 1.165) is 12.8 Å². The molecule has 1 N–H and O–H groups in total. The quantitative estimate of drug-likeness (QED) is 0.837. The van der Waals surface area contributed by atoms with Gasteiger partial charge >= 0.3 is 0 Å². The summed E-state index contributed by atoms with van der Waals surface area (Å²) < 4.78 is 5.57. The average molecular weight is 296 g/mol. The monoisotopic (exact) mass is 296 g/mol. The van der Waals surface area contributed by atoms with E-state index in [1.165, 1.54) is 0 Å². The highest BCUT2D eigenvalue weighted by atomic mass is 16.5. The van der Waals surface area contributed by atoms with Gasteiger partial charge in [0, 0.05) is 6.54 Å². The lowest BCUT2D eigenvalue weighted by atomic mass is 9.82. The zero-order valence-electron chi connectivity index (χ0n) is 13.8. The number of piperazine rings is 1. The van der Waals surface area contributed by atoms with Crippen molar-refractivity contribution in [3.8, 4) is 0 Å². The van der Waals surface area contributed by atoms with E-state index in [1.54, 1.807) is 4.90 Å². The highest BCUT2D eigenvalue weighted by Gasteiger charge is 2.49. The van der Waals surface area contributed by atoms with Crippen molar-refractivity contribution in [3.05, 3.63) is 0 Å². The van der Waals surface area contributed by atoms with Crippen molar-refractivity contribution in [1.29, 1.82) is 0 Å². The zero-order valence-corrected chi connectivity index (χ0v) is 13.8. The van der Waals surface area contributed by atoms with Crippen LogP contribution < -0.4 is 5.32 Å². The highest BCUT2D eigenvalue weighted by molar-refractivity contribution is 5.97. The van der Waals surface area contributed by atoms with E-state index in [-0.39, 0.29) is 29.4 Å². The number of nitrogens with zero attached hydrogens (tertiary/aromatic N) is 1. The summed E-state index contributed by atoms with van der Waals surface area (Å²) in [6, 6.07) is -0.745. The van der Waals surface area contributed by atoms with Gasteiger partial charge in [-0.15, -0.1) is 0 Å². The SMILES string of the molecule is CC(C)OCCN1C(=O)C(C2CC2)NC(=O)C1C(C)(C)C. The summed E-state index contributed by atoms with van der Waals surface area (Å²) in [5.41, 5.74) is -0.286. The van der Waals surface area contributed by atoms with Gasteiger partial charge in [-0.05, 0) is 38.0 Å². The van der Waals surface area contributed by atoms with E-state index in [4.69, 9.17) is 4.74 Å². The topological polar surface area (TPSA) is 58.6 Å². The molecule has 1 aliphatic heterocycles. The standard InChI is InChI=1S/C16H28N2O3/c1-10(2)21-9-8-18-13(16(3,4)5)14(19)17-12(15(18)20)11-6-7-11/h10-13H,6-9H2,1-5H3,(H,17,19). The Morgan fingerprint density at radius 2 is 1.90 bits per heavy atom. The number of nitrogens with one attached hydrogen (secondary N) is 1. The van der Waals surface area contributed by atoms with E-state index in [9.17, 15) is 9.59 Å². The first-order valence-electron chi connectivity index (χ1n) is 7.94. The molecule has 2 amide bonds. The fourth-order valence-corrected chi connectivity index (χ4v) is 2.98. The molecule has 2 rings (SSSR count). The lowest BCUT2D eigenvalue weighted by molar-refractivity contribution is -0.155. The van der Waals surface area contributed by atoms with Crippen LogP contribution in [0.25, 0.3) is 0 Å². The first kappa shape index (κ1) is 16.3. The lowest BCUT2D eigenvalue weighted by Crippen LogP contribution is -2.67. The molecule has 2 aliphatic rings. The van der Waals surface area contributed by atoms with Crippen molar-refractivity contribution in [2.24, 2.45) is 11.3 Å². The first-order chi connectivity index (χ1) is 9.71. The molecule has 0 radical (unpaired) electrons. The second-order valence-electron chi connectivity index (χ2n) is 7.54. The number of carbonyl (C=O) groups is 2.